The summed E-state index contributed by atoms with van der Waals surface area (Å²) >= 11 is 0. The maximum atomic E-state index is 12.8. The molecule has 2 rings (SSSR count). The number of ether oxygens (including phenoxy) is 1. The van der Waals surface area contributed by atoms with Crippen LogP contribution in [0, 0.1) is 0 Å². The van der Waals surface area contributed by atoms with E-state index in [1.54, 1.807) is 0 Å². The van der Waals surface area contributed by atoms with Crippen LogP contribution in [0.15, 0.2) is 48.5 Å². The Morgan fingerprint density at radius 1 is 1.10 bits per heavy atom. The van der Waals surface area contributed by atoms with E-state index in [0.29, 0.717) is 18.7 Å². The quantitative estimate of drug-likeness (QED) is 0.698. The van der Waals surface area contributed by atoms with Crippen LogP contribution >= 0.6 is 0 Å². The summed E-state index contributed by atoms with van der Waals surface area (Å²) in [5.41, 5.74) is 3.74. The van der Waals surface area contributed by atoms with Gasteiger partial charge >= 0.3 is 0 Å². The lowest BCUT2D eigenvalue weighted by molar-refractivity contribution is -0.133. The van der Waals surface area contributed by atoms with Crippen molar-refractivity contribution in [2.45, 2.75) is 32.9 Å². The number of hydrogen-bond donors (Lipinski definition) is 1. The molecule has 29 heavy (non-hydrogen) atoms. The number of nitrogens with one attached hydrogen (secondary N) is 1. The van der Waals surface area contributed by atoms with Crippen molar-refractivity contribution in [1.29, 1.82) is 0 Å². The summed E-state index contributed by atoms with van der Waals surface area (Å²) in [5.74, 6) is -0.130. The smallest absolute Gasteiger partial charge is 0.250 e. The number of anilines is 2. The highest BCUT2D eigenvalue weighted by Crippen LogP contribution is 2.29. The SMILES string of the molecule is CCC(=O)N(Cc1cc(NC(=O)COC)ccc1N(C)C)[C@@H](C)c1ccccc1. The predicted octanol–water partition coefficient (Wildman–Crippen LogP) is 3.84. The zero-order valence-electron chi connectivity index (χ0n) is 17.9. The highest BCUT2D eigenvalue weighted by molar-refractivity contribution is 5.92. The number of carbonyl (C=O) groups is 2. The summed E-state index contributed by atoms with van der Waals surface area (Å²) in [4.78, 5) is 28.6. The van der Waals surface area contributed by atoms with Crippen LogP contribution in [0.5, 0.6) is 0 Å². The Labute approximate surface area is 173 Å². The van der Waals surface area contributed by atoms with Gasteiger partial charge in [0.15, 0.2) is 0 Å². The maximum Gasteiger partial charge on any atom is 0.250 e. The van der Waals surface area contributed by atoms with Gasteiger partial charge in [0.2, 0.25) is 11.8 Å². The Balaban J connectivity index is 2.37. The second-order valence-electron chi connectivity index (χ2n) is 7.18. The topological polar surface area (TPSA) is 61.9 Å². The number of amides is 2. The molecule has 156 valence electrons. The van der Waals surface area contributed by atoms with Gasteiger partial charge in [0.05, 0.1) is 6.04 Å². The number of nitrogens with zero attached hydrogens (tertiary/aromatic N) is 2. The third-order valence-corrected chi connectivity index (χ3v) is 4.83. The van der Waals surface area contributed by atoms with Crippen LogP contribution in [0.1, 0.15) is 37.4 Å². The number of carbonyl (C=O) groups excluding carboxylic acids is 2. The third kappa shape index (κ3) is 6.06. The molecule has 0 aliphatic carbocycles. The van der Waals surface area contributed by atoms with Gasteiger partial charge < -0.3 is 19.9 Å². The standard InChI is InChI=1S/C23H31N3O3/c1-6-23(28)26(17(2)18-10-8-7-9-11-18)15-19-14-20(24-22(27)16-29-5)12-13-21(19)25(3)4/h7-14,17H,6,15-16H2,1-5H3,(H,24,27)/t17-/m0/s1. The van der Waals surface area contributed by atoms with Crippen LogP contribution in [0.25, 0.3) is 0 Å². The highest BCUT2D eigenvalue weighted by atomic mass is 16.5. The first-order valence-electron chi connectivity index (χ1n) is 9.80. The van der Waals surface area contributed by atoms with Gasteiger partial charge in [0.1, 0.15) is 6.61 Å². The monoisotopic (exact) mass is 397 g/mol. The van der Waals surface area contributed by atoms with E-state index in [4.69, 9.17) is 4.74 Å². The van der Waals surface area contributed by atoms with Gasteiger partial charge in [-0.2, -0.15) is 0 Å². The molecular weight excluding hydrogens is 366 g/mol. The van der Waals surface area contributed by atoms with Crippen molar-refractivity contribution in [3.05, 3.63) is 59.7 Å². The molecule has 0 unspecified atom stereocenters. The summed E-state index contributed by atoms with van der Waals surface area (Å²) in [6.45, 7) is 4.37. The van der Waals surface area contributed by atoms with E-state index >= 15 is 0 Å². The Kier molecular flexibility index (Phi) is 8.21. The van der Waals surface area contributed by atoms with Gasteiger partial charge in [-0.15, -0.1) is 0 Å². The van der Waals surface area contributed by atoms with Crippen LogP contribution in [-0.2, 0) is 20.9 Å². The van der Waals surface area contributed by atoms with Crippen molar-refractivity contribution in [2.24, 2.45) is 0 Å². The fraction of sp³-hybridized carbons (Fsp3) is 0.391. The molecule has 0 bridgehead atoms. The minimum Gasteiger partial charge on any atom is -0.377 e. The molecule has 1 atom stereocenters. The van der Waals surface area contributed by atoms with Crippen molar-refractivity contribution in [2.75, 3.05) is 38.0 Å². The van der Waals surface area contributed by atoms with Crippen LogP contribution in [0.3, 0.4) is 0 Å². The number of methoxy groups -OCH3 is 1. The first-order chi connectivity index (χ1) is 13.9. The molecular formula is C23H31N3O3. The first kappa shape index (κ1) is 22.4. The average Bonchev–Trinajstić information content (AvgIpc) is 2.71. The summed E-state index contributed by atoms with van der Waals surface area (Å²) in [7, 11) is 5.42. The lowest BCUT2D eigenvalue weighted by atomic mass is 10.0. The molecule has 0 fully saturated rings. The second kappa shape index (κ2) is 10.6. The van der Waals surface area contributed by atoms with Crippen molar-refractivity contribution in [1.82, 2.24) is 4.90 Å². The molecule has 0 aliphatic rings. The van der Waals surface area contributed by atoms with E-state index in [1.807, 2.05) is 86.3 Å². The number of hydrogen-bond acceptors (Lipinski definition) is 4. The van der Waals surface area contributed by atoms with E-state index in [1.165, 1.54) is 7.11 Å². The van der Waals surface area contributed by atoms with Crippen molar-refractivity contribution in [3.63, 3.8) is 0 Å². The van der Waals surface area contributed by atoms with Crippen LogP contribution < -0.4 is 10.2 Å². The van der Waals surface area contributed by atoms with Gasteiger partial charge in [-0.05, 0) is 36.2 Å². The molecule has 0 aromatic heterocycles. The summed E-state index contributed by atoms with van der Waals surface area (Å²) in [6.07, 6.45) is 0.429. The molecule has 2 amide bonds. The van der Waals surface area contributed by atoms with E-state index in [0.717, 1.165) is 16.8 Å². The molecule has 0 spiro atoms. The molecule has 1 N–H and O–H groups in total. The Bertz CT molecular complexity index is 821. The van der Waals surface area contributed by atoms with E-state index in [-0.39, 0.29) is 24.5 Å². The van der Waals surface area contributed by atoms with Gasteiger partial charge in [0.25, 0.3) is 0 Å². The van der Waals surface area contributed by atoms with E-state index in [2.05, 4.69) is 5.32 Å². The van der Waals surface area contributed by atoms with Crippen LogP contribution in [0.4, 0.5) is 11.4 Å². The largest absolute Gasteiger partial charge is 0.377 e. The Hall–Kier alpha value is -2.86. The van der Waals surface area contributed by atoms with Gasteiger partial charge in [-0.3, -0.25) is 9.59 Å². The fourth-order valence-corrected chi connectivity index (χ4v) is 3.29. The minimum atomic E-state index is -0.213. The summed E-state index contributed by atoms with van der Waals surface area (Å²) < 4.78 is 4.89. The summed E-state index contributed by atoms with van der Waals surface area (Å²) in [5, 5.41) is 2.84. The number of benzene rings is 2. The lowest BCUT2D eigenvalue weighted by Gasteiger charge is -2.31. The summed E-state index contributed by atoms with van der Waals surface area (Å²) in [6, 6.07) is 15.7. The molecule has 6 heteroatoms. The maximum absolute atomic E-state index is 12.8. The van der Waals surface area contributed by atoms with Crippen molar-refractivity contribution >= 4 is 23.2 Å². The zero-order valence-corrected chi connectivity index (χ0v) is 17.9. The molecule has 0 saturated heterocycles. The van der Waals surface area contributed by atoms with Crippen LogP contribution in [0.2, 0.25) is 0 Å². The molecule has 0 saturated carbocycles. The highest BCUT2D eigenvalue weighted by Gasteiger charge is 2.22. The molecule has 0 aliphatic heterocycles. The predicted molar refractivity (Wildman–Crippen MR) is 117 cm³/mol. The van der Waals surface area contributed by atoms with Gasteiger partial charge in [0, 0.05) is 45.5 Å². The molecule has 0 radical (unpaired) electrons. The van der Waals surface area contributed by atoms with E-state index in [9.17, 15) is 9.59 Å². The Morgan fingerprint density at radius 3 is 2.38 bits per heavy atom. The molecule has 0 heterocycles. The first-order valence-corrected chi connectivity index (χ1v) is 9.80. The second-order valence-corrected chi connectivity index (χ2v) is 7.18. The molecule has 2 aromatic rings. The Morgan fingerprint density at radius 2 is 1.79 bits per heavy atom. The van der Waals surface area contributed by atoms with Gasteiger partial charge in [-0.1, -0.05) is 37.3 Å². The van der Waals surface area contributed by atoms with E-state index < -0.39 is 0 Å². The molecule has 6 nitrogen and oxygen atoms in total. The lowest BCUT2D eigenvalue weighted by Crippen LogP contribution is -2.33. The zero-order chi connectivity index (χ0) is 21.4. The number of rotatable bonds is 9. The average molecular weight is 398 g/mol. The normalized spacial score (nSPS) is 11.6. The third-order valence-electron chi connectivity index (χ3n) is 4.83. The van der Waals surface area contributed by atoms with Crippen molar-refractivity contribution in [3.8, 4) is 0 Å². The minimum absolute atomic E-state index is 0.00372. The molecule has 2 aromatic carbocycles. The van der Waals surface area contributed by atoms with Crippen molar-refractivity contribution < 1.29 is 14.3 Å². The van der Waals surface area contributed by atoms with Crippen LogP contribution in [-0.4, -0.2) is 44.5 Å². The van der Waals surface area contributed by atoms with Gasteiger partial charge in [-0.25, -0.2) is 0 Å². The fourth-order valence-electron chi connectivity index (χ4n) is 3.29.